The van der Waals surface area contributed by atoms with E-state index >= 15 is 0 Å². The number of hydrogen-bond donors (Lipinski definition) is 2. The second kappa shape index (κ2) is 6.43. The zero-order chi connectivity index (χ0) is 13.0. The Morgan fingerprint density at radius 1 is 1.50 bits per heavy atom. The van der Waals surface area contributed by atoms with E-state index in [1.54, 1.807) is 0 Å². The molecule has 0 aliphatic carbocycles. The van der Waals surface area contributed by atoms with E-state index in [4.69, 9.17) is 18.0 Å². The lowest BCUT2D eigenvalue weighted by atomic mass is 10.1. The van der Waals surface area contributed by atoms with Crippen molar-refractivity contribution in [2.45, 2.75) is 31.4 Å². The quantitative estimate of drug-likeness (QED) is 0.830. The summed E-state index contributed by atoms with van der Waals surface area (Å²) in [6.07, 6.45) is 4.09. The Labute approximate surface area is 119 Å². The minimum Gasteiger partial charge on any atom is -0.389 e. The van der Waals surface area contributed by atoms with Crippen molar-refractivity contribution in [3.63, 3.8) is 0 Å². The molecule has 0 aromatic heterocycles. The van der Waals surface area contributed by atoms with E-state index in [9.17, 15) is 0 Å². The van der Waals surface area contributed by atoms with Crippen LogP contribution in [0.2, 0.25) is 0 Å². The van der Waals surface area contributed by atoms with E-state index in [-0.39, 0.29) is 0 Å². The lowest BCUT2D eigenvalue weighted by molar-refractivity contribution is 0.677. The Kier molecular flexibility index (Phi) is 4.89. The minimum atomic E-state index is 0.474. The zero-order valence-corrected chi connectivity index (χ0v) is 12.4. The zero-order valence-electron chi connectivity index (χ0n) is 10.7. The second-order valence-corrected chi connectivity index (χ2v) is 6.61. The Bertz CT molecular complexity index is 426. The number of nitrogens with one attached hydrogen (secondary N) is 1. The van der Waals surface area contributed by atoms with Crippen LogP contribution in [0.25, 0.3) is 0 Å². The number of benzene rings is 1. The van der Waals surface area contributed by atoms with E-state index in [1.165, 1.54) is 30.7 Å². The molecule has 1 fully saturated rings. The number of nitrogens with two attached hydrogens (primary N) is 1. The summed E-state index contributed by atoms with van der Waals surface area (Å²) in [6, 6.07) is 6.20. The first-order chi connectivity index (χ1) is 8.66. The fourth-order valence-electron chi connectivity index (χ4n) is 2.25. The first-order valence-electron chi connectivity index (χ1n) is 6.43. The molecule has 1 aromatic rings. The van der Waals surface area contributed by atoms with Gasteiger partial charge in [-0.1, -0.05) is 18.6 Å². The summed E-state index contributed by atoms with van der Waals surface area (Å²) in [5, 5.41) is 4.28. The normalized spacial score (nSPS) is 19.5. The Hall–Kier alpha value is -0.740. The van der Waals surface area contributed by atoms with Crippen LogP contribution in [0.5, 0.6) is 0 Å². The molecule has 1 aliphatic heterocycles. The van der Waals surface area contributed by atoms with Gasteiger partial charge in [-0.05, 0) is 49.3 Å². The monoisotopic (exact) mass is 280 g/mol. The fraction of sp³-hybridized carbons (Fsp3) is 0.500. The molecule has 18 heavy (non-hydrogen) atoms. The van der Waals surface area contributed by atoms with Crippen molar-refractivity contribution in [1.29, 1.82) is 0 Å². The molecule has 2 nitrogen and oxygen atoms in total. The smallest absolute Gasteiger partial charge is 0.104 e. The van der Waals surface area contributed by atoms with Crippen LogP contribution in [0.3, 0.4) is 0 Å². The number of thiocarbonyl (C=S) groups is 1. The SMILES string of the molecule is Cc1cc(NCC2CCCCS2)ccc1C(N)=S. The van der Waals surface area contributed by atoms with Crippen molar-refractivity contribution in [1.82, 2.24) is 0 Å². The summed E-state index contributed by atoms with van der Waals surface area (Å²) in [5.41, 5.74) is 8.95. The standard InChI is InChI=1S/C14H20N2S2/c1-10-8-11(5-6-13(10)14(15)17)16-9-12-4-2-3-7-18-12/h5-6,8,12,16H,2-4,7,9H2,1H3,(H2,15,17). The van der Waals surface area contributed by atoms with Gasteiger partial charge in [0.05, 0.1) is 0 Å². The van der Waals surface area contributed by atoms with Gasteiger partial charge in [-0.3, -0.25) is 0 Å². The lowest BCUT2D eigenvalue weighted by Crippen LogP contribution is -2.20. The van der Waals surface area contributed by atoms with Gasteiger partial charge in [-0.15, -0.1) is 0 Å². The number of hydrogen-bond acceptors (Lipinski definition) is 3. The summed E-state index contributed by atoms with van der Waals surface area (Å²) >= 11 is 7.11. The van der Waals surface area contributed by atoms with Crippen LogP contribution in [0.1, 0.15) is 30.4 Å². The van der Waals surface area contributed by atoms with Gasteiger partial charge < -0.3 is 11.1 Å². The number of rotatable bonds is 4. The first-order valence-corrected chi connectivity index (χ1v) is 7.88. The highest BCUT2D eigenvalue weighted by atomic mass is 32.2. The van der Waals surface area contributed by atoms with E-state index in [0.717, 1.165) is 22.9 Å². The summed E-state index contributed by atoms with van der Waals surface area (Å²) in [6.45, 7) is 3.10. The van der Waals surface area contributed by atoms with E-state index < -0.39 is 0 Å². The van der Waals surface area contributed by atoms with Gasteiger partial charge in [0.25, 0.3) is 0 Å². The molecule has 1 heterocycles. The summed E-state index contributed by atoms with van der Waals surface area (Å²) < 4.78 is 0. The molecule has 2 rings (SSSR count). The van der Waals surface area contributed by atoms with Crippen LogP contribution in [0, 0.1) is 6.92 Å². The summed E-state index contributed by atoms with van der Waals surface area (Å²) in [5.74, 6) is 1.31. The molecule has 0 bridgehead atoms. The van der Waals surface area contributed by atoms with Crippen LogP contribution < -0.4 is 11.1 Å². The average molecular weight is 280 g/mol. The maximum Gasteiger partial charge on any atom is 0.104 e. The molecular weight excluding hydrogens is 260 g/mol. The van der Waals surface area contributed by atoms with Gasteiger partial charge in [-0.2, -0.15) is 11.8 Å². The van der Waals surface area contributed by atoms with E-state index in [1.807, 2.05) is 6.07 Å². The van der Waals surface area contributed by atoms with E-state index in [0.29, 0.717) is 4.99 Å². The first kappa shape index (κ1) is 13.7. The Morgan fingerprint density at radius 2 is 2.33 bits per heavy atom. The summed E-state index contributed by atoms with van der Waals surface area (Å²) in [7, 11) is 0. The fourth-order valence-corrected chi connectivity index (χ4v) is 3.72. The largest absolute Gasteiger partial charge is 0.389 e. The van der Waals surface area contributed by atoms with Gasteiger partial charge in [0.1, 0.15) is 4.99 Å². The third kappa shape index (κ3) is 3.62. The lowest BCUT2D eigenvalue weighted by Gasteiger charge is -2.22. The molecule has 0 amide bonds. The molecule has 98 valence electrons. The Morgan fingerprint density at radius 3 is 2.94 bits per heavy atom. The predicted octanol–water partition coefficient (Wildman–Crippen LogP) is 3.33. The number of anilines is 1. The van der Waals surface area contributed by atoms with Crippen LogP contribution in [-0.4, -0.2) is 22.5 Å². The molecule has 0 radical (unpaired) electrons. The van der Waals surface area contributed by atoms with Crippen LogP contribution >= 0.6 is 24.0 Å². The molecule has 1 aromatic carbocycles. The van der Waals surface area contributed by atoms with Crippen LogP contribution in [0.15, 0.2) is 18.2 Å². The van der Waals surface area contributed by atoms with Crippen molar-refractivity contribution >= 4 is 34.7 Å². The van der Waals surface area contributed by atoms with E-state index in [2.05, 4.69) is 36.1 Å². The molecular formula is C14H20N2S2. The second-order valence-electron chi connectivity index (χ2n) is 4.76. The van der Waals surface area contributed by atoms with Gasteiger partial charge in [-0.25, -0.2) is 0 Å². The third-order valence-corrected chi connectivity index (χ3v) is 4.92. The maximum atomic E-state index is 5.66. The number of aryl methyl sites for hydroxylation is 1. The summed E-state index contributed by atoms with van der Waals surface area (Å²) in [4.78, 5) is 0.474. The van der Waals surface area contributed by atoms with Gasteiger partial charge in [0.15, 0.2) is 0 Å². The van der Waals surface area contributed by atoms with Crippen molar-refractivity contribution in [2.24, 2.45) is 5.73 Å². The van der Waals surface area contributed by atoms with Gasteiger partial charge in [0, 0.05) is 23.0 Å². The highest BCUT2D eigenvalue weighted by Gasteiger charge is 2.13. The number of thioether (sulfide) groups is 1. The molecule has 1 aliphatic rings. The van der Waals surface area contributed by atoms with Crippen LogP contribution in [0.4, 0.5) is 5.69 Å². The van der Waals surface area contributed by atoms with Crippen molar-refractivity contribution in [2.75, 3.05) is 17.6 Å². The Balaban J connectivity index is 1.93. The van der Waals surface area contributed by atoms with Crippen molar-refractivity contribution < 1.29 is 0 Å². The molecule has 3 N–H and O–H groups in total. The molecule has 0 spiro atoms. The van der Waals surface area contributed by atoms with Crippen molar-refractivity contribution in [3.8, 4) is 0 Å². The van der Waals surface area contributed by atoms with Crippen LogP contribution in [-0.2, 0) is 0 Å². The molecule has 1 atom stereocenters. The topological polar surface area (TPSA) is 38.0 Å². The van der Waals surface area contributed by atoms with Crippen molar-refractivity contribution in [3.05, 3.63) is 29.3 Å². The minimum absolute atomic E-state index is 0.474. The highest BCUT2D eigenvalue weighted by Crippen LogP contribution is 2.25. The molecule has 4 heteroatoms. The third-order valence-electron chi connectivity index (χ3n) is 3.30. The molecule has 1 unspecified atom stereocenters. The maximum absolute atomic E-state index is 5.66. The van der Waals surface area contributed by atoms with Gasteiger partial charge >= 0.3 is 0 Å². The predicted molar refractivity (Wildman–Crippen MR) is 85.7 cm³/mol. The highest BCUT2D eigenvalue weighted by molar-refractivity contribution is 7.99. The molecule has 0 saturated carbocycles. The van der Waals surface area contributed by atoms with Gasteiger partial charge in [0.2, 0.25) is 0 Å². The molecule has 1 saturated heterocycles. The average Bonchev–Trinajstić information content (AvgIpc) is 2.37.